The number of ether oxygens (including phenoxy) is 2. The lowest BCUT2D eigenvalue weighted by molar-refractivity contribution is -0.121. The third-order valence-electron chi connectivity index (χ3n) is 4.09. The van der Waals surface area contributed by atoms with Crippen LogP contribution in [0, 0.1) is 5.92 Å². The lowest BCUT2D eigenvalue weighted by Gasteiger charge is -2.10. The third-order valence-corrected chi connectivity index (χ3v) is 4.09. The molecule has 1 aliphatic rings. The summed E-state index contributed by atoms with van der Waals surface area (Å²) in [7, 11) is 3.26. The van der Waals surface area contributed by atoms with E-state index < -0.39 is 0 Å². The monoisotopic (exact) mass is 306 g/mol. The second-order valence-electron chi connectivity index (χ2n) is 5.72. The number of methoxy groups -OCH3 is 2. The molecule has 1 aliphatic heterocycles. The Balaban J connectivity index is 1.73. The molecule has 0 spiro atoms. The van der Waals surface area contributed by atoms with Crippen LogP contribution in [0.2, 0.25) is 0 Å². The minimum Gasteiger partial charge on any atom is -0.497 e. The number of hydrogen-bond acceptors (Lipinski definition) is 4. The molecule has 1 aromatic carbocycles. The molecular weight excluding hydrogens is 280 g/mol. The maximum absolute atomic E-state index is 11.9. The summed E-state index contributed by atoms with van der Waals surface area (Å²) in [6, 6.07) is 5.72. The quantitative estimate of drug-likeness (QED) is 0.768. The number of carbonyl (C=O) groups excluding carboxylic acids is 1. The van der Waals surface area contributed by atoms with Crippen LogP contribution < -0.4 is 20.1 Å². The Hall–Kier alpha value is -1.75. The molecular formula is C17H26N2O3. The SMILES string of the molecule is COc1cc(CCC(=O)NCCC2CCNC2)cc(OC)c1. The molecule has 0 saturated carbocycles. The van der Waals surface area contributed by atoms with Crippen LogP contribution in [0.1, 0.15) is 24.8 Å². The van der Waals surface area contributed by atoms with Gasteiger partial charge in [0.05, 0.1) is 14.2 Å². The smallest absolute Gasteiger partial charge is 0.220 e. The fraction of sp³-hybridized carbons (Fsp3) is 0.588. The molecule has 0 radical (unpaired) electrons. The molecule has 1 fully saturated rings. The Morgan fingerprint density at radius 2 is 2.00 bits per heavy atom. The lowest BCUT2D eigenvalue weighted by atomic mass is 10.1. The van der Waals surface area contributed by atoms with Gasteiger partial charge in [-0.15, -0.1) is 0 Å². The molecule has 2 rings (SSSR count). The van der Waals surface area contributed by atoms with E-state index in [0.29, 0.717) is 18.8 Å². The molecule has 5 nitrogen and oxygen atoms in total. The highest BCUT2D eigenvalue weighted by atomic mass is 16.5. The van der Waals surface area contributed by atoms with Crippen molar-refractivity contribution in [3.63, 3.8) is 0 Å². The molecule has 0 aromatic heterocycles. The predicted octanol–water partition coefficient (Wildman–Crippen LogP) is 1.75. The third kappa shape index (κ3) is 5.22. The van der Waals surface area contributed by atoms with Gasteiger partial charge < -0.3 is 20.1 Å². The van der Waals surface area contributed by atoms with E-state index in [2.05, 4.69) is 10.6 Å². The second kappa shape index (κ2) is 8.63. The fourth-order valence-corrected chi connectivity index (χ4v) is 2.73. The van der Waals surface area contributed by atoms with Gasteiger partial charge in [0.2, 0.25) is 5.91 Å². The number of benzene rings is 1. The summed E-state index contributed by atoms with van der Waals surface area (Å²) in [6.07, 6.45) is 3.45. The van der Waals surface area contributed by atoms with Gasteiger partial charge in [0, 0.05) is 19.0 Å². The van der Waals surface area contributed by atoms with E-state index in [4.69, 9.17) is 9.47 Å². The predicted molar refractivity (Wildman–Crippen MR) is 86.5 cm³/mol. The molecule has 1 unspecified atom stereocenters. The van der Waals surface area contributed by atoms with Crippen LogP contribution in [0.5, 0.6) is 11.5 Å². The van der Waals surface area contributed by atoms with Crippen LogP contribution in [-0.2, 0) is 11.2 Å². The fourth-order valence-electron chi connectivity index (χ4n) is 2.73. The van der Waals surface area contributed by atoms with Crippen molar-refractivity contribution in [2.24, 2.45) is 5.92 Å². The molecule has 0 aliphatic carbocycles. The first-order valence-electron chi connectivity index (χ1n) is 7.90. The minimum atomic E-state index is 0.104. The Morgan fingerprint density at radius 3 is 2.59 bits per heavy atom. The Labute approximate surface area is 132 Å². The average molecular weight is 306 g/mol. The summed E-state index contributed by atoms with van der Waals surface area (Å²) in [4.78, 5) is 11.9. The number of rotatable bonds is 8. The summed E-state index contributed by atoms with van der Waals surface area (Å²) < 4.78 is 10.5. The molecule has 0 bridgehead atoms. The highest BCUT2D eigenvalue weighted by Gasteiger charge is 2.14. The molecule has 5 heteroatoms. The first-order chi connectivity index (χ1) is 10.7. The standard InChI is InChI=1S/C17H26N2O3/c1-21-15-9-14(10-16(11-15)22-2)3-4-17(20)19-8-6-13-5-7-18-12-13/h9-11,13,18H,3-8,12H2,1-2H3,(H,19,20). The normalized spacial score (nSPS) is 17.3. The van der Waals surface area contributed by atoms with E-state index in [9.17, 15) is 4.79 Å². The van der Waals surface area contributed by atoms with Crippen molar-refractivity contribution >= 4 is 5.91 Å². The van der Waals surface area contributed by atoms with Gasteiger partial charge in [-0.2, -0.15) is 0 Å². The van der Waals surface area contributed by atoms with Gasteiger partial charge >= 0.3 is 0 Å². The van der Waals surface area contributed by atoms with E-state index in [1.165, 1.54) is 6.42 Å². The van der Waals surface area contributed by atoms with Crippen LogP contribution in [-0.4, -0.2) is 39.8 Å². The molecule has 1 aromatic rings. The topological polar surface area (TPSA) is 59.6 Å². The zero-order chi connectivity index (χ0) is 15.8. The zero-order valence-electron chi connectivity index (χ0n) is 13.5. The van der Waals surface area contributed by atoms with Crippen molar-refractivity contribution in [1.29, 1.82) is 0 Å². The van der Waals surface area contributed by atoms with E-state index in [-0.39, 0.29) is 5.91 Å². The van der Waals surface area contributed by atoms with Crippen LogP contribution in [0.4, 0.5) is 0 Å². The van der Waals surface area contributed by atoms with Crippen LogP contribution in [0.3, 0.4) is 0 Å². The van der Waals surface area contributed by atoms with Crippen molar-refractivity contribution in [3.05, 3.63) is 23.8 Å². The first-order valence-corrected chi connectivity index (χ1v) is 7.90. The zero-order valence-corrected chi connectivity index (χ0v) is 13.5. The van der Waals surface area contributed by atoms with Crippen LogP contribution >= 0.6 is 0 Å². The Morgan fingerprint density at radius 1 is 1.27 bits per heavy atom. The van der Waals surface area contributed by atoms with Gasteiger partial charge in [0.25, 0.3) is 0 Å². The molecule has 22 heavy (non-hydrogen) atoms. The van der Waals surface area contributed by atoms with E-state index >= 15 is 0 Å². The molecule has 1 atom stereocenters. The maximum Gasteiger partial charge on any atom is 0.220 e. The van der Waals surface area contributed by atoms with Crippen LogP contribution in [0.15, 0.2) is 18.2 Å². The maximum atomic E-state index is 11.9. The largest absolute Gasteiger partial charge is 0.497 e. The van der Waals surface area contributed by atoms with Gasteiger partial charge in [0.1, 0.15) is 11.5 Å². The van der Waals surface area contributed by atoms with E-state index in [1.807, 2.05) is 18.2 Å². The molecule has 1 heterocycles. The van der Waals surface area contributed by atoms with Gasteiger partial charge in [0.15, 0.2) is 0 Å². The Bertz CT molecular complexity index is 463. The lowest BCUT2D eigenvalue weighted by Crippen LogP contribution is -2.26. The van der Waals surface area contributed by atoms with Gasteiger partial charge in [-0.05, 0) is 56.0 Å². The van der Waals surface area contributed by atoms with Crippen molar-refractivity contribution in [2.45, 2.75) is 25.7 Å². The number of aryl methyl sites for hydroxylation is 1. The van der Waals surface area contributed by atoms with Crippen molar-refractivity contribution in [2.75, 3.05) is 33.9 Å². The van der Waals surface area contributed by atoms with Gasteiger partial charge in [-0.25, -0.2) is 0 Å². The number of amides is 1. The summed E-state index contributed by atoms with van der Waals surface area (Å²) in [5, 5.41) is 6.35. The summed E-state index contributed by atoms with van der Waals surface area (Å²) in [5.41, 5.74) is 1.05. The average Bonchev–Trinajstić information content (AvgIpc) is 3.06. The Kier molecular flexibility index (Phi) is 6.52. The summed E-state index contributed by atoms with van der Waals surface area (Å²) in [5.74, 6) is 2.32. The second-order valence-corrected chi connectivity index (χ2v) is 5.72. The van der Waals surface area contributed by atoms with Crippen LogP contribution in [0.25, 0.3) is 0 Å². The first kappa shape index (κ1) is 16.6. The van der Waals surface area contributed by atoms with Gasteiger partial charge in [-0.3, -0.25) is 4.79 Å². The van der Waals surface area contributed by atoms with Crippen molar-refractivity contribution < 1.29 is 14.3 Å². The van der Waals surface area contributed by atoms with Crippen molar-refractivity contribution in [3.8, 4) is 11.5 Å². The van der Waals surface area contributed by atoms with Crippen molar-refractivity contribution in [1.82, 2.24) is 10.6 Å². The molecule has 1 amide bonds. The number of nitrogens with one attached hydrogen (secondary N) is 2. The number of carbonyl (C=O) groups is 1. The highest BCUT2D eigenvalue weighted by Crippen LogP contribution is 2.23. The summed E-state index contributed by atoms with van der Waals surface area (Å²) >= 11 is 0. The number of hydrogen-bond donors (Lipinski definition) is 2. The molecule has 122 valence electrons. The van der Waals surface area contributed by atoms with Gasteiger partial charge in [-0.1, -0.05) is 0 Å². The van der Waals surface area contributed by atoms with E-state index in [1.54, 1.807) is 14.2 Å². The van der Waals surface area contributed by atoms with E-state index in [0.717, 1.165) is 43.1 Å². The summed E-state index contributed by atoms with van der Waals surface area (Å²) in [6.45, 7) is 2.96. The minimum absolute atomic E-state index is 0.104. The molecule has 1 saturated heterocycles. The highest BCUT2D eigenvalue weighted by molar-refractivity contribution is 5.76. The molecule has 2 N–H and O–H groups in total.